The van der Waals surface area contributed by atoms with Crippen LogP contribution >= 0.6 is 11.6 Å². The summed E-state index contributed by atoms with van der Waals surface area (Å²) < 4.78 is 63.6. The van der Waals surface area contributed by atoms with Gasteiger partial charge < -0.3 is 0 Å². The summed E-state index contributed by atoms with van der Waals surface area (Å²) in [6.07, 6.45) is -8.16. The maximum atomic E-state index is 12.8. The second kappa shape index (κ2) is 5.48. The number of pyridine rings is 1. The predicted octanol–water partition coefficient (Wildman–Crippen LogP) is 3.84. The highest BCUT2D eigenvalue weighted by Crippen LogP contribution is 2.38. The molecule has 0 saturated carbocycles. The largest absolute Gasteiger partial charge is 0.418 e. The maximum Gasteiger partial charge on any atom is 0.418 e. The lowest BCUT2D eigenvalue weighted by molar-refractivity contribution is -0.139. The summed E-state index contributed by atoms with van der Waals surface area (Å²) in [5, 5.41) is 8.46. The molecule has 0 saturated heterocycles. The van der Waals surface area contributed by atoms with E-state index in [1.807, 2.05) is 0 Å². The highest BCUT2D eigenvalue weighted by molar-refractivity contribution is 6.17. The molecule has 1 aromatic rings. The van der Waals surface area contributed by atoms with Gasteiger partial charge in [-0.1, -0.05) is 0 Å². The van der Waals surface area contributed by atoms with Gasteiger partial charge in [-0.15, -0.1) is 11.6 Å². The number of rotatable bonds is 3. The molecule has 8 heteroatoms. The zero-order valence-electron chi connectivity index (χ0n) is 8.73. The molecule has 2 nitrogen and oxygen atoms in total. The van der Waals surface area contributed by atoms with Gasteiger partial charge in [0, 0.05) is 11.8 Å². The Morgan fingerprint density at radius 3 is 2.39 bits per heavy atom. The minimum Gasteiger partial charge on any atom is -0.259 e. The van der Waals surface area contributed by atoms with E-state index in [-0.39, 0.29) is 0 Å². The molecule has 0 radical (unpaired) electrons. The van der Waals surface area contributed by atoms with Crippen LogP contribution in [0, 0.1) is 11.3 Å². The SMILES string of the molecule is N#CCc1c(C(F)F)cnc(CCl)c1C(F)(F)F. The van der Waals surface area contributed by atoms with Gasteiger partial charge in [-0.05, 0) is 5.56 Å². The van der Waals surface area contributed by atoms with Gasteiger partial charge in [-0.3, -0.25) is 4.98 Å². The lowest BCUT2D eigenvalue weighted by atomic mass is 9.98. The summed E-state index contributed by atoms with van der Waals surface area (Å²) in [5.74, 6) is -0.573. The molecule has 18 heavy (non-hydrogen) atoms. The van der Waals surface area contributed by atoms with Crippen molar-refractivity contribution in [2.45, 2.75) is 24.9 Å². The van der Waals surface area contributed by atoms with Crippen LogP contribution in [0.25, 0.3) is 0 Å². The zero-order valence-corrected chi connectivity index (χ0v) is 9.49. The third-order valence-corrected chi connectivity index (χ3v) is 2.45. The number of nitriles is 1. The van der Waals surface area contributed by atoms with Crippen LogP contribution in [-0.2, 0) is 18.5 Å². The monoisotopic (exact) mass is 284 g/mol. The van der Waals surface area contributed by atoms with Crippen molar-refractivity contribution in [1.29, 1.82) is 5.26 Å². The molecule has 1 heterocycles. The number of nitrogens with zero attached hydrogens (tertiary/aromatic N) is 2. The van der Waals surface area contributed by atoms with Crippen LogP contribution in [0.5, 0.6) is 0 Å². The van der Waals surface area contributed by atoms with Gasteiger partial charge in [0.15, 0.2) is 0 Å². The Morgan fingerprint density at radius 2 is 2.00 bits per heavy atom. The first-order chi connectivity index (χ1) is 8.32. The molecule has 0 N–H and O–H groups in total. The maximum absolute atomic E-state index is 12.8. The van der Waals surface area contributed by atoms with E-state index < -0.39 is 47.3 Å². The van der Waals surface area contributed by atoms with E-state index >= 15 is 0 Å². The van der Waals surface area contributed by atoms with Crippen LogP contribution in [0.1, 0.15) is 28.8 Å². The van der Waals surface area contributed by atoms with Gasteiger partial charge in [0.05, 0.1) is 29.6 Å². The zero-order chi connectivity index (χ0) is 13.9. The summed E-state index contributed by atoms with van der Waals surface area (Å²) >= 11 is 5.31. The van der Waals surface area contributed by atoms with Gasteiger partial charge in [0.1, 0.15) is 0 Å². The van der Waals surface area contributed by atoms with E-state index in [1.54, 1.807) is 0 Å². The van der Waals surface area contributed by atoms with Crippen molar-refractivity contribution in [3.8, 4) is 6.07 Å². The fraction of sp³-hybridized carbons (Fsp3) is 0.400. The molecule has 1 aromatic heterocycles. The van der Waals surface area contributed by atoms with Crippen LogP contribution in [-0.4, -0.2) is 4.98 Å². The van der Waals surface area contributed by atoms with Crippen LogP contribution < -0.4 is 0 Å². The summed E-state index contributed by atoms with van der Waals surface area (Å²) in [4.78, 5) is 3.29. The van der Waals surface area contributed by atoms with Crippen LogP contribution in [0.2, 0.25) is 0 Å². The lowest BCUT2D eigenvalue weighted by Gasteiger charge is -2.17. The molecule has 0 spiro atoms. The Kier molecular flexibility index (Phi) is 4.46. The number of alkyl halides is 6. The van der Waals surface area contributed by atoms with Crippen LogP contribution in [0.4, 0.5) is 22.0 Å². The highest BCUT2D eigenvalue weighted by Gasteiger charge is 2.38. The molecule has 98 valence electrons. The fourth-order valence-electron chi connectivity index (χ4n) is 1.50. The number of aromatic nitrogens is 1. The van der Waals surface area contributed by atoms with Crippen LogP contribution in [0.15, 0.2) is 6.20 Å². The molecule has 0 aliphatic heterocycles. The van der Waals surface area contributed by atoms with Crippen molar-refractivity contribution < 1.29 is 22.0 Å². The third kappa shape index (κ3) is 2.88. The first-order valence-corrected chi connectivity index (χ1v) is 5.15. The van der Waals surface area contributed by atoms with Gasteiger partial charge in [0.2, 0.25) is 0 Å². The van der Waals surface area contributed by atoms with E-state index in [1.165, 1.54) is 6.07 Å². The van der Waals surface area contributed by atoms with Crippen molar-refractivity contribution in [2.75, 3.05) is 0 Å². The van der Waals surface area contributed by atoms with Crippen molar-refractivity contribution in [2.24, 2.45) is 0 Å². The number of hydrogen-bond acceptors (Lipinski definition) is 2. The minimum atomic E-state index is -4.88. The third-order valence-electron chi connectivity index (χ3n) is 2.20. The highest BCUT2D eigenvalue weighted by atomic mass is 35.5. The first-order valence-electron chi connectivity index (χ1n) is 4.61. The Labute approximate surface area is 104 Å². The Bertz CT molecular complexity index is 478. The van der Waals surface area contributed by atoms with E-state index in [0.29, 0.717) is 6.20 Å². The molecule has 0 aromatic carbocycles. The molecule has 0 atom stereocenters. The molecule has 0 fully saturated rings. The average molecular weight is 285 g/mol. The Hall–Kier alpha value is -1.42. The second-order valence-electron chi connectivity index (χ2n) is 3.28. The number of hydrogen-bond donors (Lipinski definition) is 0. The fourth-order valence-corrected chi connectivity index (χ4v) is 1.70. The second-order valence-corrected chi connectivity index (χ2v) is 3.55. The standard InChI is InChI=1S/C10H6ClF5N2/c11-3-7-8(10(14,15)16)5(1-2-17)6(4-18-7)9(12)13/h4,9H,1,3H2. The van der Waals surface area contributed by atoms with Crippen molar-refractivity contribution in [3.05, 3.63) is 28.6 Å². The number of halogens is 6. The molecule has 0 aliphatic rings. The van der Waals surface area contributed by atoms with E-state index in [9.17, 15) is 22.0 Å². The average Bonchev–Trinajstić information content (AvgIpc) is 2.26. The van der Waals surface area contributed by atoms with Crippen LogP contribution in [0.3, 0.4) is 0 Å². The topological polar surface area (TPSA) is 36.7 Å². The Morgan fingerprint density at radius 1 is 1.39 bits per heavy atom. The molecular formula is C10H6ClF5N2. The summed E-state index contributed by atoms with van der Waals surface area (Å²) in [7, 11) is 0. The minimum absolute atomic E-state index is 0.557. The lowest BCUT2D eigenvalue weighted by Crippen LogP contribution is -2.16. The smallest absolute Gasteiger partial charge is 0.259 e. The molecule has 0 bridgehead atoms. The van der Waals surface area contributed by atoms with E-state index in [4.69, 9.17) is 16.9 Å². The molecule has 0 unspecified atom stereocenters. The molecule has 0 aliphatic carbocycles. The molecular weight excluding hydrogens is 279 g/mol. The van der Waals surface area contributed by atoms with Gasteiger partial charge >= 0.3 is 6.18 Å². The Balaban J connectivity index is 3.60. The first kappa shape index (κ1) is 14.6. The molecule has 1 rings (SSSR count). The van der Waals surface area contributed by atoms with Gasteiger partial charge in [-0.2, -0.15) is 18.4 Å². The molecule has 0 amide bonds. The summed E-state index contributed by atoms with van der Waals surface area (Å²) in [6.45, 7) is 0. The predicted molar refractivity (Wildman–Crippen MR) is 53.1 cm³/mol. The summed E-state index contributed by atoms with van der Waals surface area (Å²) in [5.41, 5.74) is -3.54. The van der Waals surface area contributed by atoms with E-state index in [2.05, 4.69) is 4.98 Å². The van der Waals surface area contributed by atoms with Gasteiger partial charge in [0.25, 0.3) is 6.43 Å². The van der Waals surface area contributed by atoms with Gasteiger partial charge in [-0.25, -0.2) is 8.78 Å². The normalized spacial score (nSPS) is 11.7. The summed E-state index contributed by atoms with van der Waals surface area (Å²) in [6, 6.07) is 1.44. The van der Waals surface area contributed by atoms with E-state index in [0.717, 1.165) is 0 Å². The van der Waals surface area contributed by atoms with Crippen molar-refractivity contribution in [3.63, 3.8) is 0 Å². The van der Waals surface area contributed by atoms with Crippen molar-refractivity contribution in [1.82, 2.24) is 4.98 Å². The van der Waals surface area contributed by atoms with Crippen molar-refractivity contribution >= 4 is 11.6 Å². The quantitative estimate of drug-likeness (QED) is 0.624.